The zero-order valence-corrected chi connectivity index (χ0v) is 10.8. The van der Waals surface area contributed by atoms with Gasteiger partial charge in [0.05, 0.1) is 6.04 Å². The van der Waals surface area contributed by atoms with E-state index in [-0.39, 0.29) is 19.0 Å². The van der Waals surface area contributed by atoms with Crippen LogP contribution >= 0.6 is 12.4 Å². The smallest absolute Gasteiger partial charge is 0.407 e. The van der Waals surface area contributed by atoms with Gasteiger partial charge in [-0.15, -0.1) is 12.4 Å². The predicted molar refractivity (Wildman–Crippen MR) is 64.6 cm³/mol. The molecule has 1 atom stereocenters. The molecule has 1 N–H and O–H groups in total. The van der Waals surface area contributed by atoms with Crippen molar-refractivity contribution in [3.63, 3.8) is 0 Å². The number of amides is 1. The van der Waals surface area contributed by atoms with Crippen molar-refractivity contribution in [2.75, 3.05) is 6.61 Å². The van der Waals surface area contributed by atoms with Gasteiger partial charge in [0.15, 0.2) is 0 Å². The molecule has 3 nitrogen and oxygen atoms in total. The summed E-state index contributed by atoms with van der Waals surface area (Å²) in [5.41, 5.74) is -0.0159. The number of ether oxygens (including phenoxy) is 1. The lowest BCUT2D eigenvalue weighted by molar-refractivity contribution is 0.0385. The van der Waals surface area contributed by atoms with E-state index < -0.39 is 29.2 Å². The van der Waals surface area contributed by atoms with Gasteiger partial charge >= 0.3 is 6.09 Å². The maximum atomic E-state index is 13.1. The van der Waals surface area contributed by atoms with Crippen molar-refractivity contribution in [2.24, 2.45) is 5.41 Å². The minimum atomic E-state index is -0.656. The molecule has 100 valence electrons. The summed E-state index contributed by atoms with van der Waals surface area (Å²) in [6.45, 7) is 3.93. The minimum absolute atomic E-state index is 0. The molecule has 1 aromatic carbocycles. The van der Waals surface area contributed by atoms with E-state index in [1.807, 2.05) is 13.8 Å². The molecule has 18 heavy (non-hydrogen) atoms. The molecule has 1 aliphatic heterocycles. The Morgan fingerprint density at radius 3 is 2.39 bits per heavy atom. The van der Waals surface area contributed by atoms with Crippen LogP contribution in [0.1, 0.15) is 25.5 Å². The molecule has 0 unspecified atom stereocenters. The van der Waals surface area contributed by atoms with E-state index in [4.69, 9.17) is 4.74 Å². The van der Waals surface area contributed by atoms with Gasteiger partial charge in [0.25, 0.3) is 0 Å². The molecule has 0 saturated carbocycles. The maximum Gasteiger partial charge on any atom is 0.407 e. The highest BCUT2D eigenvalue weighted by molar-refractivity contribution is 5.85. The Morgan fingerprint density at radius 2 is 1.83 bits per heavy atom. The third-order valence-electron chi connectivity index (χ3n) is 2.84. The van der Waals surface area contributed by atoms with Gasteiger partial charge in [0.1, 0.15) is 18.2 Å². The van der Waals surface area contributed by atoms with Crippen molar-refractivity contribution in [2.45, 2.75) is 19.9 Å². The molecule has 0 aromatic heterocycles. The van der Waals surface area contributed by atoms with E-state index in [0.717, 1.165) is 6.07 Å². The van der Waals surface area contributed by atoms with Gasteiger partial charge < -0.3 is 10.1 Å². The van der Waals surface area contributed by atoms with Gasteiger partial charge in [-0.3, -0.25) is 0 Å². The highest BCUT2D eigenvalue weighted by Gasteiger charge is 2.38. The van der Waals surface area contributed by atoms with Crippen LogP contribution in [0.4, 0.5) is 13.6 Å². The van der Waals surface area contributed by atoms with Gasteiger partial charge in [-0.2, -0.15) is 0 Å². The molecule has 1 heterocycles. The molecule has 1 aromatic rings. The SMILES string of the molecule is CC1(C)COC(=O)N[C@@H]1c1cc(F)cc(F)c1.Cl. The first-order valence-electron chi connectivity index (χ1n) is 5.28. The molecular formula is C12H14ClF2NO2. The molecule has 6 heteroatoms. The summed E-state index contributed by atoms with van der Waals surface area (Å²) in [5, 5.41) is 2.58. The molecule has 1 saturated heterocycles. The Hall–Kier alpha value is -1.36. The largest absolute Gasteiger partial charge is 0.449 e. The van der Waals surface area contributed by atoms with E-state index in [0.29, 0.717) is 5.56 Å². The first kappa shape index (κ1) is 14.7. The summed E-state index contributed by atoms with van der Waals surface area (Å²) < 4.78 is 31.2. The molecular weight excluding hydrogens is 264 g/mol. The van der Waals surface area contributed by atoms with Crippen molar-refractivity contribution in [3.05, 3.63) is 35.4 Å². The third kappa shape index (κ3) is 2.90. The Morgan fingerprint density at radius 1 is 1.28 bits per heavy atom. The van der Waals surface area contributed by atoms with Crippen LogP contribution in [0.25, 0.3) is 0 Å². The van der Waals surface area contributed by atoms with Gasteiger partial charge in [0, 0.05) is 11.5 Å². The fourth-order valence-electron chi connectivity index (χ4n) is 1.97. The predicted octanol–water partition coefficient (Wildman–Crippen LogP) is 3.19. The average Bonchev–Trinajstić information content (AvgIpc) is 2.20. The number of benzene rings is 1. The average molecular weight is 278 g/mol. The van der Waals surface area contributed by atoms with Crippen molar-refractivity contribution in [1.82, 2.24) is 5.32 Å². The Kier molecular flexibility index (Phi) is 4.16. The lowest BCUT2D eigenvalue weighted by Gasteiger charge is -2.38. The second-order valence-corrected chi connectivity index (χ2v) is 4.84. The molecule has 2 rings (SSSR count). The summed E-state index contributed by atoms with van der Waals surface area (Å²) in [6, 6.07) is 2.79. The van der Waals surface area contributed by atoms with Gasteiger partial charge in [-0.25, -0.2) is 13.6 Å². The molecule has 1 fully saturated rings. The van der Waals surface area contributed by atoms with Crippen molar-refractivity contribution in [3.8, 4) is 0 Å². The Balaban J connectivity index is 0.00000162. The number of cyclic esters (lactones) is 1. The van der Waals surface area contributed by atoms with Crippen molar-refractivity contribution >= 4 is 18.5 Å². The lowest BCUT2D eigenvalue weighted by atomic mass is 9.80. The van der Waals surface area contributed by atoms with Crippen LogP contribution in [-0.4, -0.2) is 12.7 Å². The molecule has 0 bridgehead atoms. The first-order valence-corrected chi connectivity index (χ1v) is 5.28. The maximum absolute atomic E-state index is 13.1. The normalized spacial score (nSPS) is 21.6. The first-order chi connectivity index (χ1) is 7.88. The van der Waals surface area contributed by atoms with E-state index in [1.165, 1.54) is 12.1 Å². The van der Waals surface area contributed by atoms with Crippen molar-refractivity contribution < 1.29 is 18.3 Å². The van der Waals surface area contributed by atoms with E-state index >= 15 is 0 Å². The second-order valence-electron chi connectivity index (χ2n) is 4.84. The summed E-state index contributed by atoms with van der Waals surface area (Å²) in [5.74, 6) is -1.31. The molecule has 0 spiro atoms. The fourth-order valence-corrected chi connectivity index (χ4v) is 1.97. The number of halogens is 3. The van der Waals surface area contributed by atoms with Gasteiger partial charge in [-0.05, 0) is 17.7 Å². The monoisotopic (exact) mass is 277 g/mol. The van der Waals surface area contributed by atoms with Crippen LogP contribution in [0.5, 0.6) is 0 Å². The Bertz CT molecular complexity index is 445. The van der Waals surface area contributed by atoms with E-state index in [2.05, 4.69) is 5.32 Å². The quantitative estimate of drug-likeness (QED) is 0.856. The van der Waals surface area contributed by atoms with Crippen LogP contribution < -0.4 is 5.32 Å². The highest BCUT2D eigenvalue weighted by atomic mass is 35.5. The number of carbonyl (C=O) groups excluding carboxylic acids is 1. The minimum Gasteiger partial charge on any atom is -0.449 e. The van der Waals surface area contributed by atoms with Crippen LogP contribution in [0.15, 0.2) is 18.2 Å². The number of rotatable bonds is 1. The Labute approximate surface area is 110 Å². The van der Waals surface area contributed by atoms with E-state index in [1.54, 1.807) is 0 Å². The number of nitrogens with one attached hydrogen (secondary N) is 1. The third-order valence-corrected chi connectivity index (χ3v) is 2.84. The molecule has 0 aliphatic carbocycles. The van der Waals surface area contributed by atoms with Gasteiger partial charge in [-0.1, -0.05) is 13.8 Å². The van der Waals surface area contributed by atoms with Crippen LogP contribution in [0, 0.1) is 17.0 Å². The second kappa shape index (κ2) is 5.10. The van der Waals surface area contributed by atoms with E-state index in [9.17, 15) is 13.6 Å². The molecule has 1 amide bonds. The number of hydrogen-bond acceptors (Lipinski definition) is 2. The number of hydrogen-bond donors (Lipinski definition) is 1. The summed E-state index contributed by atoms with van der Waals surface area (Å²) >= 11 is 0. The standard InChI is InChI=1S/C12H13F2NO2.ClH/c1-12(2)6-17-11(16)15-10(12)7-3-8(13)5-9(14)4-7;/h3-5,10H,6H2,1-2H3,(H,15,16);1H/t10-;/m1./s1. The molecule has 0 radical (unpaired) electrons. The summed E-state index contributed by atoms with van der Waals surface area (Å²) in [4.78, 5) is 11.2. The fraction of sp³-hybridized carbons (Fsp3) is 0.417. The van der Waals surface area contributed by atoms with Crippen LogP contribution in [0.2, 0.25) is 0 Å². The zero-order valence-electron chi connectivity index (χ0n) is 10.00. The number of alkyl carbamates (subject to hydrolysis) is 1. The topological polar surface area (TPSA) is 38.3 Å². The van der Waals surface area contributed by atoms with Crippen LogP contribution in [0.3, 0.4) is 0 Å². The number of carbonyl (C=O) groups is 1. The lowest BCUT2D eigenvalue weighted by Crippen LogP contribution is -2.47. The molecule has 1 aliphatic rings. The van der Waals surface area contributed by atoms with Crippen molar-refractivity contribution in [1.29, 1.82) is 0 Å². The highest BCUT2D eigenvalue weighted by Crippen LogP contribution is 2.36. The summed E-state index contributed by atoms with van der Waals surface area (Å²) in [7, 11) is 0. The van der Waals surface area contributed by atoms with Crippen LogP contribution in [-0.2, 0) is 4.74 Å². The summed E-state index contributed by atoms with van der Waals surface area (Å²) in [6.07, 6.45) is -0.570. The van der Waals surface area contributed by atoms with Gasteiger partial charge in [0.2, 0.25) is 0 Å². The zero-order chi connectivity index (χ0) is 12.6.